The molecule has 0 aliphatic carbocycles. The van der Waals surface area contributed by atoms with E-state index < -0.39 is 36.6 Å². The van der Waals surface area contributed by atoms with Crippen molar-refractivity contribution in [2.24, 2.45) is 0 Å². The van der Waals surface area contributed by atoms with Gasteiger partial charge in [0.15, 0.2) is 6.61 Å². The first-order chi connectivity index (χ1) is 9.99. The second-order valence-electron chi connectivity index (χ2n) is 3.76. The predicted molar refractivity (Wildman–Crippen MR) is 57.4 cm³/mol. The van der Waals surface area contributed by atoms with Crippen molar-refractivity contribution in [2.45, 2.75) is 12.4 Å². The highest BCUT2D eigenvalue weighted by Crippen LogP contribution is 2.29. The van der Waals surface area contributed by atoms with Gasteiger partial charge in [-0.25, -0.2) is 9.59 Å². The average molecular weight is 331 g/mol. The average Bonchev–Trinajstić information content (AvgIpc) is 2.41. The van der Waals surface area contributed by atoms with Gasteiger partial charge in [0.2, 0.25) is 0 Å². The monoisotopic (exact) mass is 331 g/mol. The first kappa shape index (κ1) is 17.6. The molecule has 0 saturated heterocycles. The summed E-state index contributed by atoms with van der Waals surface area (Å²) in [7, 11) is 0. The first-order valence-corrected chi connectivity index (χ1v) is 5.37. The van der Waals surface area contributed by atoms with Crippen LogP contribution in [0.25, 0.3) is 0 Å². The van der Waals surface area contributed by atoms with Crippen LogP contribution < -0.4 is 5.48 Å². The van der Waals surface area contributed by atoms with Gasteiger partial charge in [-0.05, 0) is 24.3 Å². The van der Waals surface area contributed by atoms with Crippen molar-refractivity contribution in [3.63, 3.8) is 0 Å². The molecule has 122 valence electrons. The SMILES string of the molecule is O=C(NOC(=O)c1ccc(C(F)(F)F)cc1)OCC(F)(F)F. The molecule has 0 aliphatic rings. The Kier molecular flexibility index (Phi) is 5.23. The van der Waals surface area contributed by atoms with Crippen LogP contribution >= 0.6 is 0 Å². The summed E-state index contributed by atoms with van der Waals surface area (Å²) in [6.45, 7) is -1.89. The number of hydrogen-bond acceptors (Lipinski definition) is 4. The number of alkyl halides is 6. The van der Waals surface area contributed by atoms with Crippen LogP contribution in [0.3, 0.4) is 0 Å². The molecule has 22 heavy (non-hydrogen) atoms. The minimum atomic E-state index is -4.76. The molecule has 1 N–H and O–H groups in total. The first-order valence-electron chi connectivity index (χ1n) is 5.37. The van der Waals surface area contributed by atoms with Gasteiger partial charge in [0.05, 0.1) is 11.1 Å². The molecular formula is C11H7F6NO4. The number of hydroxylamine groups is 1. The third-order valence-corrected chi connectivity index (χ3v) is 2.04. The Morgan fingerprint density at radius 2 is 1.55 bits per heavy atom. The maximum absolute atomic E-state index is 12.3. The zero-order valence-electron chi connectivity index (χ0n) is 10.4. The van der Waals surface area contributed by atoms with E-state index >= 15 is 0 Å². The summed E-state index contributed by atoms with van der Waals surface area (Å²) in [6, 6.07) is 2.74. The Labute approximate surface area is 118 Å². The quantitative estimate of drug-likeness (QED) is 0.668. The van der Waals surface area contributed by atoms with Crippen molar-refractivity contribution in [1.82, 2.24) is 5.48 Å². The molecule has 1 amide bonds. The lowest BCUT2D eigenvalue weighted by molar-refractivity contribution is -0.161. The molecule has 0 fully saturated rings. The predicted octanol–water partition coefficient (Wildman–Crippen LogP) is 3.07. The van der Waals surface area contributed by atoms with Crippen LogP contribution in [0, 0.1) is 0 Å². The third-order valence-electron chi connectivity index (χ3n) is 2.04. The van der Waals surface area contributed by atoms with Gasteiger partial charge in [-0.15, -0.1) is 5.48 Å². The van der Waals surface area contributed by atoms with Gasteiger partial charge in [-0.2, -0.15) is 26.3 Å². The number of ether oxygens (including phenoxy) is 1. The van der Waals surface area contributed by atoms with Crippen molar-refractivity contribution in [3.05, 3.63) is 35.4 Å². The molecule has 0 bridgehead atoms. The van der Waals surface area contributed by atoms with Crippen LogP contribution in [-0.2, 0) is 15.8 Å². The fourth-order valence-electron chi connectivity index (χ4n) is 1.12. The molecule has 0 heterocycles. The molecule has 0 spiro atoms. The van der Waals surface area contributed by atoms with Crippen molar-refractivity contribution in [2.75, 3.05) is 6.61 Å². The highest BCUT2D eigenvalue weighted by atomic mass is 19.4. The van der Waals surface area contributed by atoms with E-state index in [9.17, 15) is 35.9 Å². The smallest absolute Gasteiger partial charge is 0.438 e. The fraction of sp³-hybridized carbons (Fsp3) is 0.273. The third kappa shape index (κ3) is 5.89. The summed E-state index contributed by atoms with van der Waals surface area (Å²) in [5.41, 5.74) is -0.104. The van der Waals surface area contributed by atoms with E-state index in [1.54, 1.807) is 0 Å². The van der Waals surface area contributed by atoms with Crippen molar-refractivity contribution >= 4 is 12.1 Å². The Bertz CT molecular complexity index is 537. The number of carbonyl (C=O) groups is 2. The number of rotatable bonds is 2. The Hall–Kier alpha value is -2.46. The molecule has 0 saturated carbocycles. The van der Waals surface area contributed by atoms with E-state index in [1.165, 1.54) is 5.48 Å². The number of carbonyl (C=O) groups excluding carboxylic acids is 2. The van der Waals surface area contributed by atoms with Crippen LogP contribution in [-0.4, -0.2) is 24.8 Å². The molecule has 0 aliphatic heterocycles. The van der Waals surface area contributed by atoms with E-state index in [1.807, 2.05) is 0 Å². The second-order valence-corrected chi connectivity index (χ2v) is 3.76. The molecule has 5 nitrogen and oxygen atoms in total. The number of halogens is 6. The summed E-state index contributed by atoms with van der Waals surface area (Å²) in [6.07, 6.45) is -11.0. The minimum Gasteiger partial charge on any atom is -0.438 e. The van der Waals surface area contributed by atoms with Crippen molar-refractivity contribution < 1.29 is 45.5 Å². The molecule has 0 aromatic heterocycles. The van der Waals surface area contributed by atoms with Crippen LogP contribution in [0.1, 0.15) is 15.9 Å². The molecule has 0 unspecified atom stereocenters. The topological polar surface area (TPSA) is 64.6 Å². The second kappa shape index (κ2) is 6.54. The number of hydrogen-bond donors (Lipinski definition) is 1. The Morgan fingerprint density at radius 1 is 1.00 bits per heavy atom. The zero-order valence-corrected chi connectivity index (χ0v) is 10.4. The lowest BCUT2D eigenvalue weighted by atomic mass is 10.1. The van der Waals surface area contributed by atoms with E-state index in [-0.39, 0.29) is 5.56 Å². The molecule has 0 atom stereocenters. The van der Waals surface area contributed by atoms with Gasteiger partial charge in [-0.3, -0.25) is 0 Å². The van der Waals surface area contributed by atoms with E-state index in [4.69, 9.17) is 0 Å². The number of benzene rings is 1. The summed E-state index contributed by atoms with van der Waals surface area (Å²) in [5, 5.41) is 0. The summed E-state index contributed by atoms with van der Waals surface area (Å²) in [5.74, 6) is -1.28. The van der Waals surface area contributed by atoms with Crippen molar-refractivity contribution in [1.29, 1.82) is 0 Å². The summed E-state index contributed by atoms with van der Waals surface area (Å²) in [4.78, 5) is 26.1. The molecule has 1 aromatic rings. The molecular weight excluding hydrogens is 324 g/mol. The van der Waals surface area contributed by atoms with E-state index in [0.29, 0.717) is 12.1 Å². The fourth-order valence-corrected chi connectivity index (χ4v) is 1.12. The van der Waals surface area contributed by atoms with Gasteiger partial charge in [0.1, 0.15) is 0 Å². The molecule has 1 aromatic carbocycles. The van der Waals surface area contributed by atoms with Gasteiger partial charge in [-0.1, -0.05) is 0 Å². The maximum Gasteiger partial charge on any atom is 0.441 e. The van der Waals surface area contributed by atoms with Crippen LogP contribution in [0.4, 0.5) is 31.1 Å². The maximum atomic E-state index is 12.3. The van der Waals surface area contributed by atoms with Gasteiger partial charge >= 0.3 is 24.4 Å². The van der Waals surface area contributed by atoms with E-state index in [2.05, 4.69) is 9.57 Å². The van der Waals surface area contributed by atoms with Gasteiger partial charge in [0, 0.05) is 0 Å². The van der Waals surface area contributed by atoms with Gasteiger partial charge in [0.25, 0.3) is 0 Å². The normalized spacial score (nSPS) is 11.7. The lowest BCUT2D eigenvalue weighted by Gasteiger charge is -2.09. The standard InChI is InChI=1S/C11H7F6NO4/c12-10(13,14)5-21-9(20)18-22-8(19)6-1-3-7(4-2-6)11(15,16)17/h1-4H,5H2,(H,18,20). The Balaban J connectivity index is 2.51. The highest BCUT2D eigenvalue weighted by molar-refractivity contribution is 5.90. The molecule has 0 radical (unpaired) electrons. The summed E-state index contributed by atoms with van der Waals surface area (Å²) < 4.78 is 75.6. The highest BCUT2D eigenvalue weighted by Gasteiger charge is 2.31. The number of nitrogens with one attached hydrogen (secondary N) is 1. The lowest BCUT2D eigenvalue weighted by Crippen LogP contribution is -2.31. The van der Waals surface area contributed by atoms with E-state index in [0.717, 1.165) is 12.1 Å². The Morgan fingerprint density at radius 3 is 2.00 bits per heavy atom. The minimum absolute atomic E-state index is 0.357. The van der Waals surface area contributed by atoms with Gasteiger partial charge < -0.3 is 9.57 Å². The van der Waals surface area contributed by atoms with Crippen LogP contribution in [0.15, 0.2) is 24.3 Å². The van der Waals surface area contributed by atoms with Crippen molar-refractivity contribution in [3.8, 4) is 0 Å². The molecule has 11 heteroatoms. The zero-order chi connectivity index (χ0) is 17.0. The van der Waals surface area contributed by atoms with Crippen LogP contribution in [0.5, 0.6) is 0 Å². The molecule has 1 rings (SSSR count). The summed E-state index contributed by atoms with van der Waals surface area (Å²) >= 11 is 0. The van der Waals surface area contributed by atoms with Crippen LogP contribution in [0.2, 0.25) is 0 Å². The largest absolute Gasteiger partial charge is 0.441 e. The number of amides is 1.